The minimum Gasteiger partial charge on any atom is -0.325 e. The Hall–Kier alpha value is -2.86. The molecule has 1 unspecified atom stereocenters. The Bertz CT molecular complexity index is 1030. The van der Waals surface area contributed by atoms with Crippen molar-refractivity contribution in [2.75, 3.05) is 5.32 Å². The lowest BCUT2D eigenvalue weighted by atomic mass is 10.1. The average molecular weight is 394 g/mol. The van der Waals surface area contributed by atoms with E-state index in [0.29, 0.717) is 22.8 Å². The van der Waals surface area contributed by atoms with Crippen molar-refractivity contribution < 1.29 is 4.79 Å². The number of rotatable bonds is 6. The average Bonchev–Trinajstić information content (AvgIpc) is 2.67. The minimum absolute atomic E-state index is 0.132. The molecule has 0 bridgehead atoms. The molecule has 28 heavy (non-hydrogen) atoms. The summed E-state index contributed by atoms with van der Waals surface area (Å²) in [6.45, 7) is 5.57. The van der Waals surface area contributed by atoms with Gasteiger partial charge >= 0.3 is 0 Å². The van der Waals surface area contributed by atoms with Crippen LogP contribution < -0.4 is 10.9 Å². The highest BCUT2D eigenvalue weighted by molar-refractivity contribution is 8.00. The smallest absolute Gasteiger partial charge is 0.255 e. The van der Waals surface area contributed by atoms with E-state index in [2.05, 4.69) is 15.3 Å². The van der Waals surface area contributed by atoms with Crippen LogP contribution in [0.5, 0.6) is 0 Å². The quantitative estimate of drug-likeness (QED) is 0.488. The van der Waals surface area contributed by atoms with Gasteiger partial charge in [0.1, 0.15) is 0 Å². The Morgan fingerprint density at radius 1 is 1.11 bits per heavy atom. The predicted molar refractivity (Wildman–Crippen MR) is 114 cm³/mol. The molecule has 2 aromatic carbocycles. The SMILES string of the molecule is Cc1ccccc1NC(=O)C(C)Sc1nc(C)c(Cc2ccccc2)c(=O)[nH]1. The summed E-state index contributed by atoms with van der Waals surface area (Å²) in [5.74, 6) is -0.132. The zero-order valence-corrected chi connectivity index (χ0v) is 17.0. The molecule has 3 rings (SSSR count). The summed E-state index contributed by atoms with van der Waals surface area (Å²) >= 11 is 1.24. The first-order chi connectivity index (χ1) is 13.4. The molecule has 2 N–H and O–H groups in total. The van der Waals surface area contributed by atoms with Gasteiger partial charge in [-0.1, -0.05) is 60.3 Å². The van der Waals surface area contributed by atoms with E-state index in [4.69, 9.17) is 0 Å². The third-order valence-corrected chi connectivity index (χ3v) is 5.47. The fourth-order valence-electron chi connectivity index (χ4n) is 2.82. The highest BCUT2D eigenvalue weighted by Gasteiger charge is 2.18. The number of hydrogen-bond donors (Lipinski definition) is 2. The van der Waals surface area contributed by atoms with Gasteiger partial charge in [0.25, 0.3) is 5.56 Å². The molecule has 0 saturated heterocycles. The van der Waals surface area contributed by atoms with Crippen LogP contribution >= 0.6 is 11.8 Å². The van der Waals surface area contributed by atoms with Gasteiger partial charge < -0.3 is 10.3 Å². The number of para-hydroxylation sites is 1. The normalized spacial score (nSPS) is 11.8. The van der Waals surface area contributed by atoms with Crippen LogP contribution in [0.1, 0.15) is 29.3 Å². The fraction of sp³-hybridized carbons (Fsp3) is 0.227. The number of H-pyrrole nitrogens is 1. The summed E-state index contributed by atoms with van der Waals surface area (Å²) < 4.78 is 0. The second kappa shape index (κ2) is 8.89. The number of hydrogen-bond acceptors (Lipinski definition) is 4. The Labute approximate surface area is 168 Å². The first kappa shape index (κ1) is 19.9. The van der Waals surface area contributed by atoms with Crippen molar-refractivity contribution in [3.8, 4) is 0 Å². The van der Waals surface area contributed by atoms with Gasteiger partial charge in [0.05, 0.1) is 5.25 Å². The van der Waals surface area contributed by atoms with Gasteiger partial charge in [0.2, 0.25) is 5.91 Å². The van der Waals surface area contributed by atoms with Gasteiger partial charge in [-0.2, -0.15) is 0 Å². The van der Waals surface area contributed by atoms with E-state index in [1.807, 2.05) is 68.4 Å². The molecule has 0 saturated carbocycles. The minimum atomic E-state index is -0.401. The zero-order chi connectivity index (χ0) is 20.1. The summed E-state index contributed by atoms with van der Waals surface area (Å²) in [4.78, 5) is 32.4. The van der Waals surface area contributed by atoms with Gasteiger partial charge in [-0.05, 0) is 38.0 Å². The van der Waals surface area contributed by atoms with Crippen LogP contribution in [-0.4, -0.2) is 21.1 Å². The number of nitrogens with zero attached hydrogens (tertiary/aromatic N) is 1. The Balaban J connectivity index is 1.71. The Morgan fingerprint density at radius 2 is 1.79 bits per heavy atom. The molecule has 0 fully saturated rings. The third kappa shape index (κ3) is 4.89. The van der Waals surface area contributed by atoms with E-state index in [1.165, 1.54) is 11.8 Å². The molecule has 0 aliphatic carbocycles. The molecule has 1 amide bonds. The molecule has 1 atom stereocenters. The Morgan fingerprint density at radius 3 is 2.46 bits per heavy atom. The molecular formula is C22H23N3O2S. The van der Waals surface area contributed by atoms with Crippen molar-refractivity contribution >= 4 is 23.4 Å². The van der Waals surface area contributed by atoms with Gasteiger partial charge in [-0.3, -0.25) is 9.59 Å². The van der Waals surface area contributed by atoms with Crippen LogP contribution in [0.4, 0.5) is 5.69 Å². The first-order valence-electron chi connectivity index (χ1n) is 9.11. The number of amides is 1. The second-order valence-corrected chi connectivity index (χ2v) is 7.99. The maximum atomic E-state index is 12.5. The standard InChI is InChI=1S/C22H23N3O2S/c1-14-9-7-8-12-19(14)24-20(26)16(3)28-22-23-15(2)18(21(27)25-22)13-17-10-5-4-6-11-17/h4-12,16H,13H2,1-3H3,(H,24,26)(H,23,25,27). The third-order valence-electron chi connectivity index (χ3n) is 4.48. The fourth-order valence-corrected chi connectivity index (χ4v) is 3.66. The van der Waals surface area contributed by atoms with E-state index in [9.17, 15) is 9.59 Å². The largest absolute Gasteiger partial charge is 0.325 e. The molecule has 3 aromatic rings. The van der Waals surface area contributed by atoms with E-state index in [-0.39, 0.29) is 11.5 Å². The monoisotopic (exact) mass is 393 g/mol. The van der Waals surface area contributed by atoms with Gasteiger partial charge in [0, 0.05) is 23.4 Å². The lowest BCUT2D eigenvalue weighted by molar-refractivity contribution is -0.115. The van der Waals surface area contributed by atoms with Crippen LogP contribution in [-0.2, 0) is 11.2 Å². The number of anilines is 1. The predicted octanol–water partition coefficient (Wildman–Crippen LogP) is 4.10. The lowest BCUT2D eigenvalue weighted by Gasteiger charge is -2.13. The summed E-state index contributed by atoms with van der Waals surface area (Å²) in [5, 5.41) is 2.97. The summed E-state index contributed by atoms with van der Waals surface area (Å²) in [6.07, 6.45) is 0.531. The summed E-state index contributed by atoms with van der Waals surface area (Å²) in [5.41, 5.74) is 4.01. The summed E-state index contributed by atoms with van der Waals surface area (Å²) in [7, 11) is 0. The first-order valence-corrected chi connectivity index (χ1v) is 9.99. The van der Waals surface area contributed by atoms with Crippen molar-refractivity contribution in [1.82, 2.24) is 9.97 Å². The summed E-state index contributed by atoms with van der Waals surface area (Å²) in [6, 6.07) is 17.4. The van der Waals surface area contributed by atoms with Crippen molar-refractivity contribution in [3.05, 3.63) is 87.3 Å². The molecule has 0 aliphatic heterocycles. The molecule has 5 nitrogen and oxygen atoms in total. The molecular weight excluding hydrogens is 370 g/mol. The highest BCUT2D eigenvalue weighted by atomic mass is 32.2. The number of benzene rings is 2. The molecule has 144 valence electrons. The van der Waals surface area contributed by atoms with E-state index in [1.54, 1.807) is 6.92 Å². The second-order valence-electron chi connectivity index (χ2n) is 6.66. The number of aromatic amines is 1. The molecule has 1 heterocycles. The number of aromatic nitrogens is 2. The maximum Gasteiger partial charge on any atom is 0.255 e. The number of aryl methyl sites for hydroxylation is 2. The van der Waals surface area contributed by atoms with Crippen LogP contribution in [0.2, 0.25) is 0 Å². The van der Waals surface area contributed by atoms with Gasteiger partial charge in [-0.25, -0.2) is 4.98 Å². The van der Waals surface area contributed by atoms with E-state index >= 15 is 0 Å². The molecule has 0 radical (unpaired) electrons. The molecule has 0 spiro atoms. The van der Waals surface area contributed by atoms with Crippen LogP contribution in [0.15, 0.2) is 64.5 Å². The van der Waals surface area contributed by atoms with E-state index in [0.717, 1.165) is 16.8 Å². The Kier molecular flexibility index (Phi) is 6.31. The van der Waals surface area contributed by atoms with Crippen molar-refractivity contribution in [3.63, 3.8) is 0 Å². The van der Waals surface area contributed by atoms with Gasteiger partial charge in [-0.15, -0.1) is 0 Å². The highest BCUT2D eigenvalue weighted by Crippen LogP contribution is 2.22. The molecule has 1 aromatic heterocycles. The maximum absolute atomic E-state index is 12.5. The van der Waals surface area contributed by atoms with Crippen molar-refractivity contribution in [2.24, 2.45) is 0 Å². The number of carbonyl (C=O) groups is 1. The number of carbonyl (C=O) groups excluding carboxylic acids is 1. The number of thioether (sulfide) groups is 1. The topological polar surface area (TPSA) is 74.8 Å². The molecule has 6 heteroatoms. The number of nitrogens with one attached hydrogen (secondary N) is 2. The van der Waals surface area contributed by atoms with Crippen LogP contribution in [0, 0.1) is 13.8 Å². The van der Waals surface area contributed by atoms with Crippen LogP contribution in [0.25, 0.3) is 0 Å². The zero-order valence-electron chi connectivity index (χ0n) is 16.2. The van der Waals surface area contributed by atoms with Crippen molar-refractivity contribution in [2.45, 2.75) is 37.6 Å². The van der Waals surface area contributed by atoms with E-state index < -0.39 is 5.25 Å². The van der Waals surface area contributed by atoms with Gasteiger partial charge in [0.15, 0.2) is 5.16 Å². The molecule has 0 aliphatic rings. The lowest BCUT2D eigenvalue weighted by Crippen LogP contribution is -2.24. The van der Waals surface area contributed by atoms with Crippen LogP contribution in [0.3, 0.4) is 0 Å². The van der Waals surface area contributed by atoms with Crippen molar-refractivity contribution in [1.29, 1.82) is 0 Å².